The zero-order valence-corrected chi connectivity index (χ0v) is 12.7. The molecule has 2 rings (SSSR count). The quantitative estimate of drug-likeness (QED) is 0.816. The van der Waals surface area contributed by atoms with E-state index >= 15 is 0 Å². The van der Waals surface area contributed by atoms with Crippen LogP contribution in [0.15, 0.2) is 16.8 Å². The number of nitrogens with zero attached hydrogens (tertiary/aromatic N) is 3. The Labute approximate surface area is 122 Å². The van der Waals surface area contributed by atoms with Crippen LogP contribution >= 0.6 is 11.3 Å². The molecule has 0 aliphatic carbocycles. The summed E-state index contributed by atoms with van der Waals surface area (Å²) in [5.74, 6) is 1.00. The lowest BCUT2D eigenvalue weighted by Gasteiger charge is -2.11. The van der Waals surface area contributed by atoms with E-state index in [1.54, 1.807) is 11.3 Å². The molecule has 0 saturated heterocycles. The number of nitrogens with one attached hydrogen (secondary N) is 2. The fraction of sp³-hybridized carbons (Fsp3) is 0.462. The van der Waals surface area contributed by atoms with Gasteiger partial charge in [-0.05, 0) is 31.7 Å². The summed E-state index contributed by atoms with van der Waals surface area (Å²) in [6.07, 6.45) is 1.02. The third kappa shape index (κ3) is 4.34. The van der Waals surface area contributed by atoms with Crippen LogP contribution in [-0.2, 0) is 0 Å². The van der Waals surface area contributed by atoms with E-state index in [-0.39, 0.29) is 6.10 Å². The molecule has 0 atom stereocenters. The molecule has 7 heteroatoms. The Balaban J connectivity index is 2.19. The van der Waals surface area contributed by atoms with Crippen molar-refractivity contribution in [3.8, 4) is 6.01 Å². The Morgan fingerprint density at radius 1 is 1.25 bits per heavy atom. The van der Waals surface area contributed by atoms with Crippen molar-refractivity contribution < 1.29 is 4.74 Å². The van der Waals surface area contributed by atoms with Crippen LogP contribution in [-0.4, -0.2) is 27.6 Å². The Kier molecular flexibility index (Phi) is 5.11. The van der Waals surface area contributed by atoms with Gasteiger partial charge in [-0.2, -0.15) is 26.3 Å². The van der Waals surface area contributed by atoms with Crippen molar-refractivity contribution in [2.75, 3.05) is 17.2 Å². The average Bonchev–Trinajstić information content (AvgIpc) is 2.88. The normalized spacial score (nSPS) is 10.6. The fourth-order valence-electron chi connectivity index (χ4n) is 1.46. The van der Waals surface area contributed by atoms with E-state index < -0.39 is 0 Å². The van der Waals surface area contributed by atoms with E-state index in [9.17, 15) is 0 Å². The summed E-state index contributed by atoms with van der Waals surface area (Å²) in [7, 11) is 0. The number of anilines is 3. The summed E-state index contributed by atoms with van der Waals surface area (Å²) in [5.41, 5.74) is 0.957. The minimum absolute atomic E-state index is 0.0189. The molecule has 0 unspecified atom stereocenters. The number of hydrogen-bond acceptors (Lipinski definition) is 7. The molecule has 0 aliphatic rings. The van der Waals surface area contributed by atoms with Crippen LogP contribution < -0.4 is 15.4 Å². The van der Waals surface area contributed by atoms with Crippen molar-refractivity contribution in [2.45, 2.75) is 33.3 Å². The summed E-state index contributed by atoms with van der Waals surface area (Å²) in [5, 5.41) is 10.3. The highest BCUT2D eigenvalue weighted by atomic mass is 32.1. The second-order valence-electron chi connectivity index (χ2n) is 4.50. The first-order chi connectivity index (χ1) is 9.67. The highest BCUT2D eigenvalue weighted by Crippen LogP contribution is 2.19. The maximum atomic E-state index is 5.56. The summed E-state index contributed by atoms with van der Waals surface area (Å²) in [6.45, 7) is 6.77. The van der Waals surface area contributed by atoms with Gasteiger partial charge in [-0.3, -0.25) is 0 Å². The summed E-state index contributed by atoms with van der Waals surface area (Å²) >= 11 is 1.61. The Morgan fingerprint density at radius 2 is 2.05 bits per heavy atom. The molecule has 2 aromatic heterocycles. The number of thiophene rings is 1. The molecule has 108 valence electrons. The first-order valence-electron chi connectivity index (χ1n) is 6.63. The molecule has 0 bridgehead atoms. The summed E-state index contributed by atoms with van der Waals surface area (Å²) in [4.78, 5) is 12.8. The predicted molar refractivity (Wildman–Crippen MR) is 82.0 cm³/mol. The van der Waals surface area contributed by atoms with Gasteiger partial charge in [0.05, 0.1) is 11.8 Å². The Morgan fingerprint density at radius 3 is 2.70 bits per heavy atom. The number of aromatic nitrogens is 3. The van der Waals surface area contributed by atoms with E-state index in [1.165, 1.54) is 0 Å². The third-order valence-electron chi connectivity index (χ3n) is 2.27. The molecule has 20 heavy (non-hydrogen) atoms. The van der Waals surface area contributed by atoms with Gasteiger partial charge in [0.1, 0.15) is 0 Å². The van der Waals surface area contributed by atoms with Crippen molar-refractivity contribution in [3.05, 3.63) is 16.8 Å². The average molecular weight is 293 g/mol. The van der Waals surface area contributed by atoms with E-state index in [1.807, 2.05) is 30.7 Å². The minimum atomic E-state index is 0.0189. The topological polar surface area (TPSA) is 72.0 Å². The fourth-order valence-corrected chi connectivity index (χ4v) is 2.04. The third-order valence-corrected chi connectivity index (χ3v) is 2.95. The smallest absolute Gasteiger partial charge is 0.323 e. The highest BCUT2D eigenvalue weighted by Gasteiger charge is 2.09. The molecule has 6 nitrogen and oxygen atoms in total. The summed E-state index contributed by atoms with van der Waals surface area (Å²) < 4.78 is 5.56. The van der Waals surface area contributed by atoms with Crippen LogP contribution in [0.4, 0.5) is 17.6 Å². The minimum Gasteiger partial charge on any atom is -0.461 e. The molecule has 2 heterocycles. The van der Waals surface area contributed by atoms with Gasteiger partial charge >= 0.3 is 6.01 Å². The Bertz CT molecular complexity index is 530. The van der Waals surface area contributed by atoms with E-state index in [4.69, 9.17) is 4.74 Å². The molecule has 0 saturated carbocycles. The predicted octanol–water partition coefficient (Wildman–Crippen LogP) is 3.29. The van der Waals surface area contributed by atoms with Crippen LogP contribution in [0, 0.1) is 0 Å². The maximum absolute atomic E-state index is 5.56. The molecular formula is C13H19N5OS. The van der Waals surface area contributed by atoms with Gasteiger partial charge in [0.15, 0.2) is 0 Å². The monoisotopic (exact) mass is 293 g/mol. The van der Waals surface area contributed by atoms with E-state index in [0.29, 0.717) is 17.9 Å². The van der Waals surface area contributed by atoms with Crippen molar-refractivity contribution in [1.29, 1.82) is 0 Å². The van der Waals surface area contributed by atoms with Gasteiger partial charge in [-0.25, -0.2) is 0 Å². The van der Waals surface area contributed by atoms with Crippen LogP contribution in [0.25, 0.3) is 0 Å². The van der Waals surface area contributed by atoms with Gasteiger partial charge < -0.3 is 15.4 Å². The van der Waals surface area contributed by atoms with Gasteiger partial charge in [-0.1, -0.05) is 6.92 Å². The Hall–Kier alpha value is -1.89. The molecule has 2 N–H and O–H groups in total. The first-order valence-corrected chi connectivity index (χ1v) is 7.57. The lowest BCUT2D eigenvalue weighted by atomic mass is 10.5. The number of rotatable bonds is 7. The van der Waals surface area contributed by atoms with Crippen LogP contribution in [0.2, 0.25) is 0 Å². The standard InChI is InChI=1S/C13H19N5OS/c1-4-6-14-11-16-12(15-10-5-7-20-8-10)18-13(17-11)19-9(2)3/h5,7-9H,4,6H2,1-3H3,(H2,14,15,16,17,18). The molecule has 0 aromatic carbocycles. The van der Waals surface area contributed by atoms with Crippen LogP contribution in [0.5, 0.6) is 6.01 Å². The molecule has 2 aromatic rings. The first kappa shape index (κ1) is 14.5. The van der Waals surface area contributed by atoms with E-state index in [0.717, 1.165) is 18.7 Å². The molecular weight excluding hydrogens is 274 g/mol. The molecule has 0 fully saturated rings. The van der Waals surface area contributed by atoms with E-state index in [2.05, 4.69) is 32.5 Å². The molecule has 0 radical (unpaired) electrons. The van der Waals surface area contributed by atoms with Crippen molar-refractivity contribution in [3.63, 3.8) is 0 Å². The largest absolute Gasteiger partial charge is 0.461 e. The van der Waals surface area contributed by atoms with Crippen LogP contribution in [0.1, 0.15) is 27.2 Å². The van der Waals surface area contributed by atoms with Crippen molar-refractivity contribution >= 4 is 28.9 Å². The summed E-state index contributed by atoms with van der Waals surface area (Å²) in [6, 6.07) is 2.29. The molecule has 0 spiro atoms. The maximum Gasteiger partial charge on any atom is 0.323 e. The van der Waals surface area contributed by atoms with Gasteiger partial charge in [0.25, 0.3) is 0 Å². The van der Waals surface area contributed by atoms with Crippen molar-refractivity contribution in [1.82, 2.24) is 15.0 Å². The second-order valence-corrected chi connectivity index (χ2v) is 5.28. The lowest BCUT2D eigenvalue weighted by molar-refractivity contribution is 0.222. The highest BCUT2D eigenvalue weighted by molar-refractivity contribution is 7.08. The number of hydrogen-bond donors (Lipinski definition) is 2. The van der Waals surface area contributed by atoms with Crippen LogP contribution in [0.3, 0.4) is 0 Å². The molecule has 0 aliphatic heterocycles. The number of ether oxygens (including phenoxy) is 1. The zero-order chi connectivity index (χ0) is 14.4. The lowest BCUT2D eigenvalue weighted by Crippen LogP contribution is -2.13. The van der Waals surface area contributed by atoms with Crippen molar-refractivity contribution in [2.24, 2.45) is 0 Å². The van der Waals surface area contributed by atoms with Gasteiger partial charge in [0, 0.05) is 11.9 Å². The SMILES string of the molecule is CCCNc1nc(Nc2ccsc2)nc(OC(C)C)n1. The second kappa shape index (κ2) is 7.04. The van der Waals surface area contributed by atoms with Gasteiger partial charge in [0.2, 0.25) is 11.9 Å². The van der Waals surface area contributed by atoms with Gasteiger partial charge in [-0.15, -0.1) is 0 Å². The molecule has 0 amide bonds. The zero-order valence-electron chi connectivity index (χ0n) is 11.9.